The Labute approximate surface area is 114 Å². The minimum atomic E-state index is -1.15. The van der Waals surface area contributed by atoms with Crippen LogP contribution < -0.4 is 5.32 Å². The lowest BCUT2D eigenvalue weighted by molar-refractivity contribution is 0.0913. The van der Waals surface area contributed by atoms with Crippen LogP contribution >= 0.6 is 0 Å². The Kier molecular flexibility index (Phi) is 4.27. The second-order valence-corrected chi connectivity index (χ2v) is 4.18. The van der Waals surface area contributed by atoms with Gasteiger partial charge in [0.1, 0.15) is 11.6 Å². The van der Waals surface area contributed by atoms with Gasteiger partial charge in [-0.25, -0.2) is 4.39 Å². The van der Waals surface area contributed by atoms with E-state index in [0.717, 1.165) is 0 Å². The van der Waals surface area contributed by atoms with E-state index in [-0.39, 0.29) is 23.4 Å². The third-order valence-electron chi connectivity index (χ3n) is 2.71. The fourth-order valence-electron chi connectivity index (χ4n) is 1.70. The highest BCUT2D eigenvalue weighted by atomic mass is 19.1. The zero-order valence-corrected chi connectivity index (χ0v) is 10.5. The number of pyridine rings is 1. The molecule has 20 heavy (non-hydrogen) atoms. The van der Waals surface area contributed by atoms with Crippen LogP contribution in [0.2, 0.25) is 0 Å². The first kappa shape index (κ1) is 14.0. The molecule has 0 aliphatic rings. The van der Waals surface area contributed by atoms with Crippen molar-refractivity contribution in [2.45, 2.75) is 6.10 Å². The van der Waals surface area contributed by atoms with E-state index in [9.17, 15) is 19.4 Å². The molecular formula is C14H13FN2O3. The number of hydrogen-bond donors (Lipinski definition) is 3. The lowest BCUT2D eigenvalue weighted by Gasteiger charge is -2.13. The van der Waals surface area contributed by atoms with Crippen molar-refractivity contribution in [2.24, 2.45) is 0 Å². The number of aliphatic hydroxyl groups is 1. The highest BCUT2D eigenvalue weighted by molar-refractivity contribution is 5.94. The first-order valence-corrected chi connectivity index (χ1v) is 5.92. The summed E-state index contributed by atoms with van der Waals surface area (Å²) in [5.41, 5.74) is 0.271. The van der Waals surface area contributed by atoms with E-state index in [1.54, 1.807) is 6.07 Å². The predicted octanol–water partition coefficient (Wildman–Crippen LogP) is 1.39. The Balaban J connectivity index is 1.99. The summed E-state index contributed by atoms with van der Waals surface area (Å²) in [5.74, 6) is -1.18. The minimum Gasteiger partial charge on any atom is -0.506 e. The first-order valence-electron chi connectivity index (χ1n) is 5.92. The molecule has 1 amide bonds. The van der Waals surface area contributed by atoms with Crippen molar-refractivity contribution >= 4 is 5.91 Å². The molecule has 2 aromatic rings. The van der Waals surface area contributed by atoms with Crippen LogP contribution in [0.4, 0.5) is 4.39 Å². The fourth-order valence-corrected chi connectivity index (χ4v) is 1.70. The van der Waals surface area contributed by atoms with E-state index in [0.29, 0.717) is 0 Å². The van der Waals surface area contributed by atoms with E-state index in [2.05, 4.69) is 10.3 Å². The molecule has 0 fully saturated rings. The van der Waals surface area contributed by atoms with Crippen LogP contribution in [0, 0.1) is 5.82 Å². The zero-order chi connectivity index (χ0) is 14.5. The average Bonchev–Trinajstić information content (AvgIpc) is 2.45. The Hall–Kier alpha value is -2.47. The molecule has 1 aromatic heterocycles. The van der Waals surface area contributed by atoms with Gasteiger partial charge in [-0.15, -0.1) is 0 Å². The lowest BCUT2D eigenvalue weighted by Crippen LogP contribution is -2.28. The quantitative estimate of drug-likeness (QED) is 0.788. The lowest BCUT2D eigenvalue weighted by atomic mass is 10.1. The summed E-state index contributed by atoms with van der Waals surface area (Å²) >= 11 is 0. The molecule has 1 aromatic carbocycles. The highest BCUT2D eigenvalue weighted by Crippen LogP contribution is 2.16. The molecule has 1 atom stereocenters. The molecule has 0 saturated carbocycles. The normalized spacial score (nSPS) is 11.9. The Morgan fingerprint density at radius 1 is 1.35 bits per heavy atom. The van der Waals surface area contributed by atoms with E-state index in [1.165, 1.54) is 36.7 Å². The van der Waals surface area contributed by atoms with Crippen LogP contribution in [-0.2, 0) is 0 Å². The summed E-state index contributed by atoms with van der Waals surface area (Å²) < 4.78 is 13.4. The minimum absolute atomic E-state index is 0.113. The Morgan fingerprint density at radius 2 is 2.10 bits per heavy atom. The number of carbonyl (C=O) groups excluding carboxylic acids is 1. The van der Waals surface area contributed by atoms with Gasteiger partial charge >= 0.3 is 0 Å². The second-order valence-electron chi connectivity index (χ2n) is 4.18. The van der Waals surface area contributed by atoms with Crippen LogP contribution in [-0.4, -0.2) is 27.6 Å². The number of nitrogens with one attached hydrogen (secondary N) is 1. The molecule has 0 radical (unpaired) electrons. The summed E-state index contributed by atoms with van der Waals surface area (Å²) in [7, 11) is 0. The van der Waals surface area contributed by atoms with Gasteiger partial charge in [-0.1, -0.05) is 18.2 Å². The third kappa shape index (κ3) is 3.30. The third-order valence-corrected chi connectivity index (χ3v) is 2.71. The fraction of sp³-hybridized carbons (Fsp3) is 0.143. The van der Waals surface area contributed by atoms with Crippen molar-refractivity contribution < 1.29 is 19.4 Å². The molecule has 0 saturated heterocycles. The number of aliphatic hydroxyl groups excluding tert-OH is 1. The monoisotopic (exact) mass is 276 g/mol. The maximum atomic E-state index is 13.4. The van der Waals surface area contributed by atoms with Gasteiger partial charge in [0.25, 0.3) is 5.91 Å². The number of aromatic hydroxyl groups is 1. The van der Waals surface area contributed by atoms with Crippen molar-refractivity contribution in [1.29, 1.82) is 0 Å². The van der Waals surface area contributed by atoms with Gasteiger partial charge < -0.3 is 15.5 Å². The zero-order valence-electron chi connectivity index (χ0n) is 10.5. The van der Waals surface area contributed by atoms with Crippen molar-refractivity contribution in [3.8, 4) is 5.75 Å². The molecule has 104 valence electrons. The van der Waals surface area contributed by atoms with Gasteiger partial charge in [-0.3, -0.25) is 9.78 Å². The number of rotatable bonds is 4. The second kappa shape index (κ2) is 6.12. The van der Waals surface area contributed by atoms with E-state index in [4.69, 9.17) is 0 Å². The molecule has 0 aliphatic heterocycles. The van der Waals surface area contributed by atoms with E-state index < -0.39 is 17.8 Å². The van der Waals surface area contributed by atoms with E-state index in [1.807, 2.05) is 0 Å². The molecule has 1 unspecified atom stereocenters. The summed E-state index contributed by atoms with van der Waals surface area (Å²) in [6, 6.07) is 7.05. The average molecular weight is 276 g/mol. The van der Waals surface area contributed by atoms with Crippen molar-refractivity contribution in [1.82, 2.24) is 10.3 Å². The maximum absolute atomic E-state index is 13.4. The summed E-state index contributed by atoms with van der Waals surface area (Å²) in [6.07, 6.45) is 1.33. The molecule has 0 spiro atoms. The number of benzene rings is 1. The maximum Gasteiger partial charge on any atom is 0.253 e. The van der Waals surface area contributed by atoms with Crippen LogP contribution in [0.3, 0.4) is 0 Å². The van der Waals surface area contributed by atoms with Crippen LogP contribution in [0.25, 0.3) is 0 Å². The van der Waals surface area contributed by atoms with Gasteiger partial charge in [-0.2, -0.15) is 0 Å². The van der Waals surface area contributed by atoms with Crippen LogP contribution in [0.5, 0.6) is 5.75 Å². The van der Waals surface area contributed by atoms with E-state index >= 15 is 0 Å². The molecule has 0 aliphatic carbocycles. The summed E-state index contributed by atoms with van der Waals surface area (Å²) in [5, 5.41) is 21.5. The molecule has 6 heteroatoms. The first-order chi connectivity index (χ1) is 9.58. The smallest absolute Gasteiger partial charge is 0.253 e. The largest absolute Gasteiger partial charge is 0.506 e. The highest BCUT2D eigenvalue weighted by Gasteiger charge is 2.14. The molecule has 0 bridgehead atoms. The SMILES string of the molecule is O=C(NCC(O)c1ccccc1F)c1cncc(O)c1. The molecule has 2 rings (SSSR count). The topological polar surface area (TPSA) is 82.5 Å². The van der Waals surface area contributed by atoms with Gasteiger partial charge in [0.15, 0.2) is 0 Å². The van der Waals surface area contributed by atoms with Crippen LogP contribution in [0.15, 0.2) is 42.7 Å². The molecule has 1 heterocycles. The van der Waals surface area contributed by atoms with Crippen LogP contribution in [0.1, 0.15) is 22.0 Å². The predicted molar refractivity (Wildman–Crippen MR) is 69.6 cm³/mol. The van der Waals surface area contributed by atoms with Gasteiger partial charge in [-0.05, 0) is 12.1 Å². The number of hydrogen-bond acceptors (Lipinski definition) is 4. The Bertz CT molecular complexity index is 619. The summed E-state index contributed by atoms with van der Waals surface area (Å²) in [6.45, 7) is -0.143. The molecule has 3 N–H and O–H groups in total. The Morgan fingerprint density at radius 3 is 2.80 bits per heavy atom. The van der Waals surface area contributed by atoms with Gasteiger partial charge in [0.05, 0.1) is 17.9 Å². The molecular weight excluding hydrogens is 263 g/mol. The summed E-state index contributed by atoms with van der Waals surface area (Å²) in [4.78, 5) is 15.4. The standard InChI is InChI=1S/C14H13FN2O3/c15-12-4-2-1-3-11(12)13(19)8-17-14(20)9-5-10(18)7-16-6-9/h1-7,13,18-19H,8H2,(H,17,20). The van der Waals surface area contributed by atoms with Crippen molar-refractivity contribution in [2.75, 3.05) is 6.54 Å². The molecule has 5 nitrogen and oxygen atoms in total. The number of amides is 1. The number of nitrogens with zero attached hydrogens (tertiary/aromatic N) is 1. The van der Waals surface area contributed by atoms with Gasteiger partial charge in [0, 0.05) is 18.3 Å². The number of carbonyl (C=O) groups is 1. The van der Waals surface area contributed by atoms with Crippen molar-refractivity contribution in [3.63, 3.8) is 0 Å². The van der Waals surface area contributed by atoms with Crippen molar-refractivity contribution in [3.05, 3.63) is 59.7 Å². The number of aromatic nitrogens is 1. The van der Waals surface area contributed by atoms with Gasteiger partial charge in [0.2, 0.25) is 0 Å². The number of halogens is 1.